The molecule has 0 saturated heterocycles. The van der Waals surface area contributed by atoms with Crippen molar-refractivity contribution in [2.24, 2.45) is 11.7 Å². The molecule has 20 heavy (non-hydrogen) atoms. The van der Waals surface area contributed by atoms with Gasteiger partial charge in [0.15, 0.2) is 0 Å². The molecule has 5 heteroatoms. The molecule has 0 spiro atoms. The molecule has 3 nitrogen and oxygen atoms in total. The predicted molar refractivity (Wildman–Crippen MR) is 86.2 cm³/mol. The van der Waals surface area contributed by atoms with E-state index < -0.39 is 0 Å². The van der Waals surface area contributed by atoms with E-state index in [0.717, 1.165) is 25.1 Å². The second-order valence-electron chi connectivity index (χ2n) is 5.75. The Morgan fingerprint density at radius 3 is 3.10 bits per heavy atom. The van der Waals surface area contributed by atoms with Gasteiger partial charge in [-0.3, -0.25) is 4.79 Å². The maximum Gasteiger partial charge on any atom is 0.240 e. The predicted octanol–water partition coefficient (Wildman–Crippen LogP) is 2.66. The molecule has 0 aromatic carbocycles. The number of amides is 1. The standard InChI is InChI=1S/C15H22N2OS2/c1-19-8-6-12(16)15(18)17-7-4-13-11(5-9-20-13)14(17)10-2-3-10/h5,9-10,12,14H,2-4,6-8,16H2,1H3/t12-,14?/m1/s1. The van der Waals surface area contributed by atoms with Crippen molar-refractivity contribution in [3.63, 3.8) is 0 Å². The van der Waals surface area contributed by atoms with Gasteiger partial charge in [0.1, 0.15) is 0 Å². The number of rotatable bonds is 5. The first-order chi connectivity index (χ1) is 9.72. The summed E-state index contributed by atoms with van der Waals surface area (Å²) in [6.07, 6.45) is 6.35. The number of fused-ring (bicyclic) bond motifs is 1. The van der Waals surface area contributed by atoms with Crippen LogP contribution in [0.25, 0.3) is 0 Å². The number of hydrogen-bond donors (Lipinski definition) is 1. The molecule has 3 rings (SSSR count). The molecular weight excluding hydrogens is 288 g/mol. The second kappa shape index (κ2) is 6.08. The SMILES string of the molecule is CSCC[C@@H](N)C(=O)N1CCc2sccc2C1C1CC1. The summed E-state index contributed by atoms with van der Waals surface area (Å²) in [6, 6.07) is 2.19. The molecule has 0 bridgehead atoms. The average Bonchev–Trinajstić information content (AvgIpc) is 3.19. The van der Waals surface area contributed by atoms with Crippen LogP contribution >= 0.6 is 23.1 Å². The van der Waals surface area contributed by atoms with E-state index in [1.54, 1.807) is 11.8 Å². The molecular formula is C15H22N2OS2. The van der Waals surface area contributed by atoms with Gasteiger partial charge in [0.25, 0.3) is 0 Å². The number of thioether (sulfide) groups is 1. The van der Waals surface area contributed by atoms with Crippen molar-refractivity contribution in [1.29, 1.82) is 0 Å². The molecule has 1 unspecified atom stereocenters. The molecule has 1 saturated carbocycles. The van der Waals surface area contributed by atoms with E-state index in [0.29, 0.717) is 12.0 Å². The smallest absolute Gasteiger partial charge is 0.240 e. The van der Waals surface area contributed by atoms with Gasteiger partial charge in [-0.15, -0.1) is 11.3 Å². The molecule has 2 heterocycles. The van der Waals surface area contributed by atoms with E-state index in [1.807, 2.05) is 11.3 Å². The van der Waals surface area contributed by atoms with Crippen molar-refractivity contribution >= 4 is 29.0 Å². The summed E-state index contributed by atoms with van der Waals surface area (Å²) < 4.78 is 0. The van der Waals surface area contributed by atoms with Gasteiger partial charge < -0.3 is 10.6 Å². The lowest BCUT2D eigenvalue weighted by Crippen LogP contribution is -2.48. The maximum absolute atomic E-state index is 12.7. The van der Waals surface area contributed by atoms with Crippen molar-refractivity contribution in [3.05, 3.63) is 21.9 Å². The fourth-order valence-electron chi connectivity index (χ4n) is 3.10. The van der Waals surface area contributed by atoms with E-state index in [-0.39, 0.29) is 11.9 Å². The van der Waals surface area contributed by atoms with Gasteiger partial charge in [0.05, 0.1) is 12.1 Å². The quantitative estimate of drug-likeness (QED) is 0.909. The third-order valence-corrected chi connectivity index (χ3v) is 5.96. The Morgan fingerprint density at radius 2 is 2.40 bits per heavy atom. The molecule has 1 aromatic heterocycles. The summed E-state index contributed by atoms with van der Waals surface area (Å²) in [5.74, 6) is 1.78. The highest BCUT2D eigenvalue weighted by Gasteiger charge is 2.42. The first-order valence-electron chi connectivity index (χ1n) is 7.33. The van der Waals surface area contributed by atoms with Gasteiger partial charge in [0, 0.05) is 11.4 Å². The lowest BCUT2D eigenvalue weighted by atomic mass is 9.95. The summed E-state index contributed by atoms with van der Waals surface area (Å²) in [7, 11) is 0. The summed E-state index contributed by atoms with van der Waals surface area (Å²) in [4.78, 5) is 16.2. The number of carbonyl (C=O) groups excluding carboxylic acids is 1. The van der Waals surface area contributed by atoms with E-state index in [9.17, 15) is 4.79 Å². The maximum atomic E-state index is 12.7. The Balaban J connectivity index is 1.77. The lowest BCUT2D eigenvalue weighted by molar-refractivity contribution is -0.136. The summed E-state index contributed by atoms with van der Waals surface area (Å²) in [6.45, 7) is 0.848. The van der Waals surface area contributed by atoms with Crippen molar-refractivity contribution in [2.45, 2.75) is 37.8 Å². The molecule has 1 fully saturated rings. The lowest BCUT2D eigenvalue weighted by Gasteiger charge is -2.37. The van der Waals surface area contributed by atoms with Crippen molar-refractivity contribution in [1.82, 2.24) is 4.90 Å². The Labute approximate surface area is 128 Å². The Bertz CT molecular complexity index is 484. The Hall–Kier alpha value is -0.520. The molecule has 110 valence electrons. The summed E-state index contributed by atoms with van der Waals surface area (Å²) in [5, 5.41) is 2.17. The minimum Gasteiger partial charge on any atom is -0.334 e. The van der Waals surface area contributed by atoms with Crippen LogP contribution in [0, 0.1) is 5.92 Å². The monoisotopic (exact) mass is 310 g/mol. The van der Waals surface area contributed by atoms with Gasteiger partial charge in [-0.25, -0.2) is 0 Å². The van der Waals surface area contributed by atoms with Gasteiger partial charge in [-0.2, -0.15) is 11.8 Å². The van der Waals surface area contributed by atoms with Crippen LogP contribution in [0.15, 0.2) is 11.4 Å². The molecule has 1 aromatic rings. The number of hydrogen-bond acceptors (Lipinski definition) is 4. The van der Waals surface area contributed by atoms with Crippen LogP contribution in [-0.2, 0) is 11.2 Å². The first kappa shape index (κ1) is 14.4. The average molecular weight is 310 g/mol. The van der Waals surface area contributed by atoms with Crippen LogP contribution in [0.1, 0.15) is 35.7 Å². The van der Waals surface area contributed by atoms with E-state index in [4.69, 9.17) is 5.73 Å². The fourth-order valence-corrected chi connectivity index (χ4v) is 4.50. The second-order valence-corrected chi connectivity index (χ2v) is 7.74. The number of thiophene rings is 1. The Kier molecular flexibility index (Phi) is 4.38. The third-order valence-electron chi connectivity index (χ3n) is 4.32. The largest absolute Gasteiger partial charge is 0.334 e. The van der Waals surface area contributed by atoms with E-state index >= 15 is 0 Å². The highest BCUT2D eigenvalue weighted by Crippen LogP contribution is 2.48. The molecule has 2 N–H and O–H groups in total. The number of carbonyl (C=O) groups is 1. The highest BCUT2D eigenvalue weighted by molar-refractivity contribution is 7.98. The van der Waals surface area contributed by atoms with E-state index in [2.05, 4.69) is 22.6 Å². The fraction of sp³-hybridized carbons (Fsp3) is 0.667. The zero-order chi connectivity index (χ0) is 14.1. The van der Waals surface area contributed by atoms with Crippen molar-refractivity contribution in [2.75, 3.05) is 18.6 Å². The van der Waals surface area contributed by atoms with Crippen molar-refractivity contribution in [3.8, 4) is 0 Å². The molecule has 0 radical (unpaired) electrons. The van der Waals surface area contributed by atoms with Crippen LogP contribution in [0.2, 0.25) is 0 Å². The first-order valence-corrected chi connectivity index (χ1v) is 9.61. The third kappa shape index (κ3) is 2.76. The number of nitrogens with two attached hydrogens (primary N) is 1. The molecule has 2 aliphatic rings. The highest BCUT2D eigenvalue weighted by atomic mass is 32.2. The van der Waals surface area contributed by atoms with Crippen LogP contribution in [0.4, 0.5) is 0 Å². The Morgan fingerprint density at radius 1 is 1.60 bits per heavy atom. The molecule has 2 atom stereocenters. The summed E-state index contributed by atoms with van der Waals surface area (Å²) >= 11 is 3.59. The number of nitrogens with zero attached hydrogens (tertiary/aromatic N) is 1. The molecule has 1 aliphatic heterocycles. The topological polar surface area (TPSA) is 46.3 Å². The van der Waals surface area contributed by atoms with Gasteiger partial charge in [-0.1, -0.05) is 0 Å². The zero-order valence-electron chi connectivity index (χ0n) is 11.9. The zero-order valence-corrected chi connectivity index (χ0v) is 13.5. The van der Waals surface area contributed by atoms with Crippen LogP contribution in [0.5, 0.6) is 0 Å². The molecule has 1 amide bonds. The summed E-state index contributed by atoms with van der Waals surface area (Å²) in [5.41, 5.74) is 7.51. The van der Waals surface area contributed by atoms with Crippen molar-refractivity contribution < 1.29 is 4.79 Å². The normalized spacial score (nSPS) is 23.5. The van der Waals surface area contributed by atoms with Crippen LogP contribution < -0.4 is 5.73 Å². The van der Waals surface area contributed by atoms with Crippen LogP contribution in [0.3, 0.4) is 0 Å². The van der Waals surface area contributed by atoms with Gasteiger partial charge in [0.2, 0.25) is 5.91 Å². The van der Waals surface area contributed by atoms with Gasteiger partial charge in [-0.05, 0) is 60.6 Å². The minimum atomic E-state index is -0.330. The van der Waals surface area contributed by atoms with Crippen LogP contribution in [-0.4, -0.2) is 35.4 Å². The minimum absolute atomic E-state index is 0.160. The van der Waals surface area contributed by atoms with E-state index in [1.165, 1.54) is 23.3 Å². The molecule has 1 aliphatic carbocycles. The van der Waals surface area contributed by atoms with Gasteiger partial charge >= 0.3 is 0 Å².